The Bertz CT molecular complexity index is 612. The second-order valence-corrected chi connectivity index (χ2v) is 7.07. The van der Waals surface area contributed by atoms with E-state index < -0.39 is 10.0 Å². The normalized spacial score (nSPS) is 11.4. The van der Waals surface area contributed by atoms with Crippen molar-refractivity contribution in [3.05, 3.63) is 29.8 Å². The van der Waals surface area contributed by atoms with E-state index in [1.54, 1.807) is 19.1 Å². The molecule has 0 spiro atoms. The number of amides is 1. The lowest BCUT2D eigenvalue weighted by Gasteiger charge is -2.16. The second kappa shape index (κ2) is 7.48. The molecular formula is C13H19N3O3S2. The van der Waals surface area contributed by atoms with E-state index in [-0.39, 0.29) is 17.3 Å². The average molecular weight is 329 g/mol. The van der Waals surface area contributed by atoms with Gasteiger partial charge in [-0.1, -0.05) is 24.4 Å². The summed E-state index contributed by atoms with van der Waals surface area (Å²) in [4.78, 5) is 11.9. The van der Waals surface area contributed by atoms with Crippen molar-refractivity contribution in [2.45, 2.75) is 18.2 Å². The van der Waals surface area contributed by atoms with Crippen molar-refractivity contribution >= 4 is 33.1 Å². The monoisotopic (exact) mass is 329 g/mol. The van der Waals surface area contributed by atoms with Gasteiger partial charge in [-0.25, -0.2) is 8.42 Å². The fourth-order valence-electron chi connectivity index (χ4n) is 1.70. The van der Waals surface area contributed by atoms with Gasteiger partial charge in [-0.15, -0.1) is 0 Å². The van der Waals surface area contributed by atoms with Gasteiger partial charge >= 0.3 is 0 Å². The minimum atomic E-state index is -3.69. The molecule has 1 aromatic rings. The van der Waals surface area contributed by atoms with E-state index in [1.807, 2.05) is 0 Å². The van der Waals surface area contributed by atoms with E-state index in [0.717, 1.165) is 9.87 Å². The molecule has 116 valence electrons. The predicted molar refractivity (Wildman–Crippen MR) is 85.4 cm³/mol. The van der Waals surface area contributed by atoms with Gasteiger partial charge in [0.1, 0.15) is 0 Å². The number of hydrogen-bond acceptors (Lipinski definition) is 4. The molecule has 3 N–H and O–H groups in total. The molecule has 1 amide bonds. The van der Waals surface area contributed by atoms with Gasteiger partial charge in [-0.2, -0.15) is 4.31 Å². The Kier molecular flexibility index (Phi) is 6.25. The molecule has 21 heavy (non-hydrogen) atoms. The number of benzene rings is 1. The summed E-state index contributed by atoms with van der Waals surface area (Å²) in [5, 5.41) is 2.56. The summed E-state index contributed by atoms with van der Waals surface area (Å²) in [7, 11) is -2.32. The maximum atomic E-state index is 12.3. The highest BCUT2D eigenvalue weighted by Gasteiger charge is 2.22. The molecule has 0 aromatic heterocycles. The molecule has 0 radical (unpaired) electrons. The number of sulfonamides is 1. The molecule has 8 heteroatoms. The minimum absolute atomic E-state index is 0.126. The third kappa shape index (κ3) is 5.07. The number of nitrogens with zero attached hydrogens (tertiary/aromatic N) is 1. The summed E-state index contributed by atoms with van der Waals surface area (Å²) in [5.41, 5.74) is 6.28. The summed E-state index contributed by atoms with van der Waals surface area (Å²) < 4.78 is 25.6. The number of carbonyl (C=O) groups is 1. The summed E-state index contributed by atoms with van der Waals surface area (Å²) in [6.07, 6.45) is 0.421. The SMILES string of the molecule is CCNC(=O)CN(C)S(=O)(=O)c1ccc(CC(N)=S)cc1. The van der Waals surface area contributed by atoms with E-state index in [1.165, 1.54) is 19.2 Å². The molecular weight excluding hydrogens is 310 g/mol. The Hall–Kier alpha value is -1.51. The quantitative estimate of drug-likeness (QED) is 0.701. The molecule has 0 bridgehead atoms. The fraction of sp³-hybridized carbons (Fsp3) is 0.385. The van der Waals surface area contributed by atoms with E-state index >= 15 is 0 Å². The van der Waals surface area contributed by atoms with Crippen LogP contribution in [-0.2, 0) is 21.2 Å². The molecule has 0 aliphatic heterocycles. The zero-order chi connectivity index (χ0) is 16.0. The van der Waals surface area contributed by atoms with Crippen LogP contribution in [0.1, 0.15) is 12.5 Å². The molecule has 0 heterocycles. The number of carbonyl (C=O) groups excluding carboxylic acids is 1. The Labute approximate surface area is 130 Å². The van der Waals surface area contributed by atoms with Crippen LogP contribution in [0.4, 0.5) is 0 Å². The van der Waals surface area contributed by atoms with Gasteiger partial charge in [0.25, 0.3) is 0 Å². The molecule has 0 saturated heterocycles. The van der Waals surface area contributed by atoms with Crippen molar-refractivity contribution in [3.63, 3.8) is 0 Å². The van der Waals surface area contributed by atoms with Gasteiger partial charge in [0.05, 0.1) is 16.4 Å². The number of hydrogen-bond donors (Lipinski definition) is 2. The van der Waals surface area contributed by atoms with E-state index in [0.29, 0.717) is 18.0 Å². The van der Waals surface area contributed by atoms with Gasteiger partial charge in [0.2, 0.25) is 15.9 Å². The van der Waals surface area contributed by atoms with Crippen LogP contribution in [0.3, 0.4) is 0 Å². The van der Waals surface area contributed by atoms with Crippen LogP contribution >= 0.6 is 12.2 Å². The Balaban J connectivity index is 2.86. The highest BCUT2D eigenvalue weighted by Crippen LogP contribution is 2.15. The van der Waals surface area contributed by atoms with E-state index in [9.17, 15) is 13.2 Å². The van der Waals surface area contributed by atoms with Crippen LogP contribution in [0.15, 0.2) is 29.2 Å². The van der Waals surface area contributed by atoms with Crippen molar-refractivity contribution in [3.8, 4) is 0 Å². The van der Waals surface area contributed by atoms with Crippen LogP contribution in [0, 0.1) is 0 Å². The highest BCUT2D eigenvalue weighted by atomic mass is 32.2. The molecule has 1 rings (SSSR count). The van der Waals surface area contributed by atoms with E-state index in [2.05, 4.69) is 5.32 Å². The predicted octanol–water partition coefficient (Wildman–Crippen LogP) is 0.272. The first-order valence-electron chi connectivity index (χ1n) is 6.37. The maximum absolute atomic E-state index is 12.3. The topological polar surface area (TPSA) is 92.5 Å². The third-order valence-electron chi connectivity index (χ3n) is 2.75. The van der Waals surface area contributed by atoms with Crippen LogP contribution in [-0.4, -0.2) is 43.8 Å². The zero-order valence-corrected chi connectivity index (χ0v) is 13.6. The maximum Gasteiger partial charge on any atom is 0.243 e. The number of likely N-dealkylation sites (N-methyl/N-ethyl adjacent to an activating group) is 2. The van der Waals surface area contributed by atoms with Gasteiger partial charge < -0.3 is 11.1 Å². The van der Waals surface area contributed by atoms with Gasteiger partial charge in [-0.3, -0.25) is 4.79 Å². The molecule has 0 aliphatic carbocycles. The Morgan fingerprint density at radius 3 is 2.38 bits per heavy atom. The van der Waals surface area contributed by atoms with Crippen LogP contribution in [0.2, 0.25) is 0 Å². The van der Waals surface area contributed by atoms with Crippen LogP contribution in [0.25, 0.3) is 0 Å². The van der Waals surface area contributed by atoms with Crippen LogP contribution in [0.5, 0.6) is 0 Å². The molecule has 0 saturated carbocycles. The summed E-state index contributed by atoms with van der Waals surface area (Å²) >= 11 is 4.80. The Morgan fingerprint density at radius 2 is 1.90 bits per heavy atom. The van der Waals surface area contributed by atoms with Gasteiger partial charge in [0.15, 0.2) is 0 Å². The minimum Gasteiger partial charge on any atom is -0.393 e. The average Bonchev–Trinajstić information content (AvgIpc) is 2.38. The molecule has 0 fully saturated rings. The van der Waals surface area contributed by atoms with Gasteiger partial charge in [-0.05, 0) is 24.6 Å². The number of thiocarbonyl (C=S) groups is 1. The lowest BCUT2D eigenvalue weighted by atomic mass is 10.1. The number of rotatable bonds is 7. The van der Waals surface area contributed by atoms with E-state index in [4.69, 9.17) is 18.0 Å². The largest absolute Gasteiger partial charge is 0.393 e. The lowest BCUT2D eigenvalue weighted by Crippen LogP contribution is -2.38. The van der Waals surface area contributed by atoms with Crippen molar-refractivity contribution in [1.82, 2.24) is 9.62 Å². The Morgan fingerprint density at radius 1 is 1.33 bits per heavy atom. The highest BCUT2D eigenvalue weighted by molar-refractivity contribution is 7.89. The smallest absolute Gasteiger partial charge is 0.243 e. The van der Waals surface area contributed by atoms with Crippen molar-refractivity contribution < 1.29 is 13.2 Å². The molecule has 6 nitrogen and oxygen atoms in total. The second-order valence-electron chi connectivity index (χ2n) is 4.50. The van der Waals surface area contributed by atoms with Crippen molar-refractivity contribution in [1.29, 1.82) is 0 Å². The van der Waals surface area contributed by atoms with Gasteiger partial charge in [0, 0.05) is 20.0 Å². The number of nitrogens with two attached hydrogens (primary N) is 1. The summed E-state index contributed by atoms with van der Waals surface area (Å²) in [6.45, 7) is 2.01. The zero-order valence-electron chi connectivity index (χ0n) is 12.0. The lowest BCUT2D eigenvalue weighted by molar-refractivity contribution is -0.121. The summed E-state index contributed by atoms with van der Waals surface area (Å²) in [6, 6.07) is 6.28. The standard InChI is InChI=1S/C13H19N3O3S2/c1-3-15-13(17)9-16(2)21(18,19)11-6-4-10(5-7-11)8-12(14)20/h4-7H,3,8-9H2,1-2H3,(H2,14,20)(H,15,17). The first-order chi connectivity index (χ1) is 9.77. The molecule has 0 aliphatic rings. The van der Waals surface area contributed by atoms with Crippen molar-refractivity contribution in [2.24, 2.45) is 5.73 Å². The summed E-state index contributed by atoms with van der Waals surface area (Å²) in [5.74, 6) is -0.339. The molecule has 0 unspecified atom stereocenters. The van der Waals surface area contributed by atoms with Crippen LogP contribution < -0.4 is 11.1 Å². The number of nitrogens with one attached hydrogen (secondary N) is 1. The first-order valence-corrected chi connectivity index (χ1v) is 8.22. The molecule has 1 aromatic carbocycles. The molecule has 0 atom stereocenters. The first kappa shape index (κ1) is 17.5. The third-order valence-corrected chi connectivity index (χ3v) is 4.71. The van der Waals surface area contributed by atoms with Crippen molar-refractivity contribution in [2.75, 3.05) is 20.1 Å². The fourth-order valence-corrected chi connectivity index (χ4v) is 2.99.